The van der Waals surface area contributed by atoms with Gasteiger partial charge in [0.25, 0.3) is 5.91 Å². The third-order valence-electron chi connectivity index (χ3n) is 7.03. The molecule has 46 heavy (non-hydrogen) atoms. The van der Waals surface area contributed by atoms with E-state index in [0.29, 0.717) is 30.9 Å². The molecule has 0 bridgehead atoms. The van der Waals surface area contributed by atoms with Crippen molar-refractivity contribution in [2.75, 3.05) is 31.6 Å². The van der Waals surface area contributed by atoms with Crippen LogP contribution >= 0.6 is 0 Å². The SMILES string of the molecule is O=C(COC1CC(CNc2ccccn2)N(C(=O)OCc2ccccc2)C1)NCC(NC(=O)c1ccc(C(F)(F)F)cc1)C(=O)O. The molecule has 0 aliphatic carbocycles. The molecule has 4 N–H and O–H groups in total. The number of aliphatic carboxylic acids is 1. The first-order valence-electron chi connectivity index (χ1n) is 14.2. The van der Waals surface area contributed by atoms with E-state index in [4.69, 9.17) is 9.47 Å². The van der Waals surface area contributed by atoms with Gasteiger partial charge in [0, 0.05) is 24.8 Å². The van der Waals surface area contributed by atoms with Crippen LogP contribution in [0.25, 0.3) is 0 Å². The number of carbonyl (C=O) groups excluding carboxylic acids is 3. The van der Waals surface area contributed by atoms with E-state index in [0.717, 1.165) is 17.7 Å². The molecule has 3 aromatic rings. The highest BCUT2D eigenvalue weighted by Crippen LogP contribution is 2.29. The Morgan fingerprint density at radius 3 is 2.37 bits per heavy atom. The maximum absolute atomic E-state index is 13.0. The van der Waals surface area contributed by atoms with Gasteiger partial charge in [-0.15, -0.1) is 0 Å². The Labute approximate surface area is 261 Å². The second kappa shape index (κ2) is 15.7. The van der Waals surface area contributed by atoms with E-state index >= 15 is 0 Å². The lowest BCUT2D eigenvalue weighted by Gasteiger charge is -2.24. The normalized spacial score (nSPS) is 16.7. The summed E-state index contributed by atoms with van der Waals surface area (Å²) in [5.41, 5.74) is -0.330. The highest BCUT2D eigenvalue weighted by atomic mass is 19.4. The number of aromatic nitrogens is 1. The largest absolute Gasteiger partial charge is 0.480 e. The molecule has 12 nitrogen and oxygen atoms in total. The number of carboxylic acid groups (broad SMARTS) is 1. The average molecular weight is 644 g/mol. The highest BCUT2D eigenvalue weighted by Gasteiger charge is 2.37. The number of hydrogen-bond donors (Lipinski definition) is 4. The lowest BCUT2D eigenvalue weighted by atomic mass is 10.1. The predicted molar refractivity (Wildman–Crippen MR) is 158 cm³/mol. The zero-order valence-corrected chi connectivity index (χ0v) is 24.4. The van der Waals surface area contributed by atoms with Crippen molar-refractivity contribution in [1.82, 2.24) is 20.5 Å². The molecule has 0 saturated carbocycles. The van der Waals surface area contributed by atoms with Gasteiger partial charge in [-0.2, -0.15) is 13.2 Å². The van der Waals surface area contributed by atoms with Crippen molar-refractivity contribution in [3.05, 3.63) is 95.7 Å². The number of nitrogens with one attached hydrogen (secondary N) is 3. The van der Waals surface area contributed by atoms with Crippen LogP contribution in [-0.2, 0) is 31.8 Å². The molecule has 4 rings (SSSR count). The van der Waals surface area contributed by atoms with Crippen LogP contribution < -0.4 is 16.0 Å². The Morgan fingerprint density at radius 1 is 1.00 bits per heavy atom. The Balaban J connectivity index is 1.28. The molecule has 1 saturated heterocycles. The second-order valence-electron chi connectivity index (χ2n) is 10.4. The molecular formula is C31H32F3N5O7. The van der Waals surface area contributed by atoms with E-state index in [9.17, 15) is 37.5 Å². The molecule has 2 heterocycles. The third kappa shape index (κ3) is 9.92. The van der Waals surface area contributed by atoms with Crippen LogP contribution in [0.5, 0.6) is 0 Å². The average Bonchev–Trinajstić information content (AvgIpc) is 3.47. The molecule has 1 aliphatic heterocycles. The number of hydrogen-bond acceptors (Lipinski definition) is 8. The quantitative estimate of drug-likeness (QED) is 0.219. The number of rotatable bonds is 13. The van der Waals surface area contributed by atoms with Crippen molar-refractivity contribution in [2.45, 2.75) is 37.4 Å². The van der Waals surface area contributed by atoms with Gasteiger partial charge in [-0.05, 0) is 48.4 Å². The zero-order chi connectivity index (χ0) is 33.1. The van der Waals surface area contributed by atoms with Crippen molar-refractivity contribution in [3.8, 4) is 0 Å². The molecule has 3 unspecified atom stereocenters. The highest BCUT2D eigenvalue weighted by molar-refractivity contribution is 5.96. The summed E-state index contributed by atoms with van der Waals surface area (Å²) in [6.07, 6.45) is -3.69. The first-order chi connectivity index (χ1) is 22.0. The molecule has 3 atom stereocenters. The van der Waals surface area contributed by atoms with E-state index < -0.39 is 60.9 Å². The number of ether oxygens (including phenoxy) is 2. The van der Waals surface area contributed by atoms with E-state index in [1.807, 2.05) is 36.4 Å². The van der Waals surface area contributed by atoms with Gasteiger partial charge in [0.1, 0.15) is 25.1 Å². The summed E-state index contributed by atoms with van der Waals surface area (Å²) >= 11 is 0. The molecule has 1 aromatic heterocycles. The Kier molecular flexibility index (Phi) is 11.5. The molecule has 244 valence electrons. The van der Waals surface area contributed by atoms with Crippen molar-refractivity contribution in [1.29, 1.82) is 0 Å². The van der Waals surface area contributed by atoms with Gasteiger partial charge in [-0.3, -0.25) is 9.59 Å². The summed E-state index contributed by atoms with van der Waals surface area (Å²) in [7, 11) is 0. The van der Waals surface area contributed by atoms with Crippen LogP contribution in [0.1, 0.15) is 27.9 Å². The molecule has 1 fully saturated rings. The first-order valence-corrected chi connectivity index (χ1v) is 14.2. The van der Waals surface area contributed by atoms with Gasteiger partial charge >= 0.3 is 18.2 Å². The standard InChI is InChI=1S/C31H32F3N5O7/c32-31(33,34)22-11-9-21(10-12-22)28(41)38-25(29(42)43)16-37-27(40)19-45-24-14-23(15-36-26-8-4-5-13-35-26)39(17-24)30(44)46-18-20-6-2-1-3-7-20/h1-13,23-25H,14-19H2,(H,35,36)(H,37,40)(H,38,41)(H,42,43). The number of benzene rings is 2. The van der Waals surface area contributed by atoms with Gasteiger partial charge in [0.2, 0.25) is 5.91 Å². The molecule has 15 heteroatoms. The number of alkyl halides is 3. The minimum Gasteiger partial charge on any atom is -0.480 e. The van der Waals surface area contributed by atoms with Crippen molar-refractivity contribution < 1.29 is 46.9 Å². The summed E-state index contributed by atoms with van der Waals surface area (Å²) in [6.45, 7) is -0.427. The van der Waals surface area contributed by atoms with Crippen LogP contribution in [0, 0.1) is 0 Å². The van der Waals surface area contributed by atoms with Crippen molar-refractivity contribution in [2.24, 2.45) is 0 Å². The van der Waals surface area contributed by atoms with Crippen LogP contribution in [0.3, 0.4) is 0 Å². The van der Waals surface area contributed by atoms with Crippen LogP contribution in [-0.4, -0.2) is 83.3 Å². The van der Waals surface area contributed by atoms with Gasteiger partial charge in [0.05, 0.1) is 24.3 Å². The monoisotopic (exact) mass is 643 g/mol. The number of likely N-dealkylation sites (tertiary alicyclic amines) is 1. The van der Waals surface area contributed by atoms with Crippen LogP contribution in [0.15, 0.2) is 79.0 Å². The Hall–Kier alpha value is -5.18. The maximum atomic E-state index is 13.0. The molecule has 3 amide bonds. The summed E-state index contributed by atoms with van der Waals surface area (Å²) < 4.78 is 49.6. The number of pyridine rings is 1. The fourth-order valence-corrected chi connectivity index (χ4v) is 4.62. The molecular weight excluding hydrogens is 611 g/mol. The number of amides is 3. The lowest BCUT2D eigenvalue weighted by Crippen LogP contribution is -2.49. The zero-order valence-electron chi connectivity index (χ0n) is 24.4. The van der Waals surface area contributed by atoms with Crippen molar-refractivity contribution >= 4 is 29.7 Å². The van der Waals surface area contributed by atoms with E-state index in [1.165, 1.54) is 4.90 Å². The van der Waals surface area contributed by atoms with Crippen LogP contribution in [0.2, 0.25) is 0 Å². The fraction of sp³-hybridized carbons (Fsp3) is 0.323. The minimum absolute atomic E-state index is 0.0740. The number of halogens is 3. The fourth-order valence-electron chi connectivity index (χ4n) is 4.62. The van der Waals surface area contributed by atoms with Gasteiger partial charge in [-0.25, -0.2) is 14.6 Å². The van der Waals surface area contributed by atoms with E-state index in [1.54, 1.807) is 18.3 Å². The van der Waals surface area contributed by atoms with Gasteiger partial charge in [0.15, 0.2) is 0 Å². The predicted octanol–water partition coefficient (Wildman–Crippen LogP) is 3.31. The summed E-state index contributed by atoms with van der Waals surface area (Å²) in [5, 5.41) is 17.2. The topological polar surface area (TPSA) is 159 Å². The van der Waals surface area contributed by atoms with Crippen molar-refractivity contribution in [3.63, 3.8) is 0 Å². The van der Waals surface area contributed by atoms with E-state index in [-0.39, 0.29) is 24.8 Å². The second-order valence-corrected chi connectivity index (χ2v) is 10.4. The summed E-state index contributed by atoms with van der Waals surface area (Å²) in [5.74, 6) is -2.46. The Morgan fingerprint density at radius 2 is 1.72 bits per heavy atom. The number of anilines is 1. The van der Waals surface area contributed by atoms with E-state index in [2.05, 4.69) is 20.9 Å². The molecule has 1 aliphatic rings. The maximum Gasteiger partial charge on any atom is 0.416 e. The smallest absolute Gasteiger partial charge is 0.416 e. The molecule has 2 aromatic carbocycles. The lowest BCUT2D eigenvalue weighted by molar-refractivity contribution is -0.139. The third-order valence-corrected chi connectivity index (χ3v) is 7.03. The summed E-state index contributed by atoms with van der Waals surface area (Å²) in [4.78, 5) is 55.3. The number of carbonyl (C=O) groups is 4. The van der Waals surface area contributed by atoms with Gasteiger partial charge < -0.3 is 35.4 Å². The number of carboxylic acids is 1. The van der Waals surface area contributed by atoms with Gasteiger partial charge in [-0.1, -0.05) is 36.4 Å². The van der Waals surface area contributed by atoms with Crippen LogP contribution in [0.4, 0.5) is 23.8 Å². The Bertz CT molecular complexity index is 1480. The summed E-state index contributed by atoms with van der Waals surface area (Å²) in [6, 6.07) is 15.9. The minimum atomic E-state index is -4.59. The molecule has 0 spiro atoms. The molecule has 0 radical (unpaired) electrons. The number of nitrogens with zero attached hydrogens (tertiary/aromatic N) is 2. The first kappa shape index (κ1) is 33.7.